The molecule has 1 nitrogen and oxygen atoms in total. The molecule has 1 heteroatoms. The number of aryl methyl sites for hydroxylation is 1. The maximum absolute atomic E-state index is 3.91. The average molecular weight is 134 g/mol. The van der Waals surface area contributed by atoms with E-state index in [0.717, 1.165) is 6.42 Å². The van der Waals surface area contributed by atoms with Crippen LogP contribution in [0.25, 0.3) is 0 Å². The molecule has 1 heterocycles. The number of pyridine rings is 1. The van der Waals surface area contributed by atoms with Crippen LogP contribution in [-0.4, -0.2) is 4.98 Å². The molecule has 0 unspecified atom stereocenters. The minimum Gasteiger partial charge on any atom is -0.254 e. The Morgan fingerprint density at radius 3 is 3.10 bits per heavy atom. The molecular weight excluding hydrogens is 122 g/mol. The fourth-order valence-corrected chi connectivity index (χ4v) is 0.879. The second-order valence-electron chi connectivity index (χ2n) is 2.40. The van der Waals surface area contributed by atoms with Gasteiger partial charge >= 0.3 is 0 Å². The Kier molecular flexibility index (Phi) is 2.94. The molecule has 0 N–H and O–H groups in total. The topological polar surface area (TPSA) is 12.9 Å². The van der Waals surface area contributed by atoms with E-state index in [1.165, 1.54) is 18.4 Å². The third-order valence-electron chi connectivity index (χ3n) is 1.50. The predicted molar refractivity (Wildman–Crippen MR) is 41.7 cm³/mol. The first-order valence-electron chi connectivity index (χ1n) is 3.74. The summed E-state index contributed by atoms with van der Waals surface area (Å²) in [6.45, 7) is 2.20. The minimum absolute atomic E-state index is 1.15. The van der Waals surface area contributed by atoms with E-state index in [9.17, 15) is 0 Å². The smallest absolute Gasteiger partial charge is 0.0886 e. The monoisotopic (exact) mass is 134 g/mol. The number of unbranched alkanes of at least 4 members (excludes halogenated alkanes) is 1. The molecule has 1 radical (unpaired) electrons. The highest BCUT2D eigenvalue weighted by atomic mass is 14.6. The van der Waals surface area contributed by atoms with Gasteiger partial charge in [-0.3, -0.25) is 4.98 Å². The van der Waals surface area contributed by atoms with Crippen molar-refractivity contribution in [2.24, 2.45) is 0 Å². The Morgan fingerprint density at radius 2 is 2.50 bits per heavy atom. The van der Waals surface area contributed by atoms with E-state index in [2.05, 4.69) is 24.2 Å². The number of hydrogen-bond donors (Lipinski definition) is 0. The van der Waals surface area contributed by atoms with Crippen LogP contribution in [0.1, 0.15) is 25.3 Å². The van der Waals surface area contributed by atoms with Gasteiger partial charge in [0.2, 0.25) is 0 Å². The summed E-state index contributed by atoms with van der Waals surface area (Å²) in [4.78, 5) is 3.91. The van der Waals surface area contributed by atoms with E-state index >= 15 is 0 Å². The van der Waals surface area contributed by atoms with Crippen molar-refractivity contribution in [2.75, 3.05) is 0 Å². The average Bonchev–Trinajstić information content (AvgIpc) is 2.03. The summed E-state index contributed by atoms with van der Waals surface area (Å²) in [5.74, 6) is 0. The van der Waals surface area contributed by atoms with Crippen LogP contribution in [0.2, 0.25) is 0 Å². The Bertz CT molecular complexity index is 169. The van der Waals surface area contributed by atoms with Crippen LogP contribution < -0.4 is 0 Å². The van der Waals surface area contributed by atoms with Gasteiger partial charge in [0.25, 0.3) is 0 Å². The lowest BCUT2D eigenvalue weighted by Crippen LogP contribution is -1.84. The molecule has 1 rings (SSSR count). The van der Waals surface area contributed by atoms with Gasteiger partial charge in [-0.15, -0.1) is 0 Å². The minimum atomic E-state index is 1.15. The highest BCUT2D eigenvalue weighted by Crippen LogP contribution is 2.01. The van der Waals surface area contributed by atoms with Crippen molar-refractivity contribution in [2.45, 2.75) is 26.2 Å². The fourth-order valence-electron chi connectivity index (χ4n) is 0.879. The van der Waals surface area contributed by atoms with Gasteiger partial charge in [0.05, 0.1) is 6.20 Å². The predicted octanol–water partition coefficient (Wildman–Crippen LogP) is 2.22. The third kappa shape index (κ3) is 2.18. The van der Waals surface area contributed by atoms with E-state index in [4.69, 9.17) is 0 Å². The molecular formula is C9H12N. The molecule has 0 aliphatic carbocycles. The first-order valence-corrected chi connectivity index (χ1v) is 3.74. The molecule has 0 saturated carbocycles. The highest BCUT2D eigenvalue weighted by molar-refractivity contribution is 5.07. The van der Waals surface area contributed by atoms with Gasteiger partial charge in [-0.25, -0.2) is 0 Å². The van der Waals surface area contributed by atoms with Crippen molar-refractivity contribution in [3.63, 3.8) is 0 Å². The summed E-state index contributed by atoms with van der Waals surface area (Å²) >= 11 is 0. The second-order valence-corrected chi connectivity index (χ2v) is 2.40. The van der Waals surface area contributed by atoms with Crippen LogP contribution in [0.4, 0.5) is 0 Å². The van der Waals surface area contributed by atoms with Gasteiger partial charge in [0, 0.05) is 6.20 Å². The molecule has 0 aromatic carbocycles. The number of rotatable bonds is 3. The molecule has 0 amide bonds. The van der Waals surface area contributed by atoms with Gasteiger partial charge < -0.3 is 0 Å². The second kappa shape index (κ2) is 4.04. The molecule has 0 fully saturated rings. The Labute approximate surface area is 62.1 Å². The molecule has 0 saturated heterocycles. The fraction of sp³-hybridized carbons (Fsp3) is 0.444. The molecule has 0 spiro atoms. The van der Waals surface area contributed by atoms with Crippen LogP contribution in [0.15, 0.2) is 18.3 Å². The summed E-state index contributed by atoms with van der Waals surface area (Å²) in [7, 11) is 0. The van der Waals surface area contributed by atoms with Crippen LogP contribution >= 0.6 is 0 Å². The van der Waals surface area contributed by atoms with Crippen molar-refractivity contribution >= 4 is 0 Å². The molecule has 10 heavy (non-hydrogen) atoms. The summed E-state index contributed by atoms with van der Waals surface area (Å²) < 4.78 is 0. The van der Waals surface area contributed by atoms with Gasteiger partial charge in [0.15, 0.2) is 0 Å². The van der Waals surface area contributed by atoms with Gasteiger partial charge in [0.1, 0.15) is 0 Å². The molecule has 0 aliphatic heterocycles. The number of hydrogen-bond acceptors (Lipinski definition) is 1. The summed E-state index contributed by atoms with van der Waals surface area (Å²) in [5.41, 5.74) is 1.32. The third-order valence-corrected chi connectivity index (χ3v) is 1.50. The summed E-state index contributed by atoms with van der Waals surface area (Å²) in [6, 6.07) is 3.94. The maximum Gasteiger partial charge on any atom is 0.0886 e. The lowest BCUT2D eigenvalue weighted by Gasteiger charge is -1.95. The zero-order valence-corrected chi connectivity index (χ0v) is 6.30. The van der Waals surface area contributed by atoms with Gasteiger partial charge in [-0.05, 0) is 24.5 Å². The zero-order chi connectivity index (χ0) is 7.23. The number of nitrogens with zero attached hydrogens (tertiary/aromatic N) is 1. The molecule has 53 valence electrons. The van der Waals surface area contributed by atoms with E-state index < -0.39 is 0 Å². The van der Waals surface area contributed by atoms with E-state index in [0.29, 0.717) is 0 Å². The largest absolute Gasteiger partial charge is 0.254 e. The van der Waals surface area contributed by atoms with Crippen molar-refractivity contribution in [1.29, 1.82) is 0 Å². The zero-order valence-electron chi connectivity index (χ0n) is 6.30. The van der Waals surface area contributed by atoms with Gasteiger partial charge in [-0.1, -0.05) is 19.4 Å². The SMILES string of the molecule is CCCCc1cc[c]nc1. The van der Waals surface area contributed by atoms with Crippen molar-refractivity contribution < 1.29 is 0 Å². The van der Waals surface area contributed by atoms with Crippen LogP contribution in [0, 0.1) is 6.20 Å². The quantitative estimate of drug-likeness (QED) is 0.617. The molecule has 0 aliphatic rings. The van der Waals surface area contributed by atoms with Crippen molar-refractivity contribution in [1.82, 2.24) is 4.98 Å². The van der Waals surface area contributed by atoms with Crippen molar-refractivity contribution in [3.05, 3.63) is 30.1 Å². The highest BCUT2D eigenvalue weighted by Gasteiger charge is 1.88. The molecule has 0 atom stereocenters. The van der Waals surface area contributed by atoms with E-state index in [-0.39, 0.29) is 0 Å². The Balaban J connectivity index is 2.43. The van der Waals surface area contributed by atoms with E-state index in [1.54, 1.807) is 0 Å². The van der Waals surface area contributed by atoms with Crippen LogP contribution in [0.5, 0.6) is 0 Å². The van der Waals surface area contributed by atoms with Crippen LogP contribution in [-0.2, 0) is 6.42 Å². The van der Waals surface area contributed by atoms with Crippen LogP contribution in [0.3, 0.4) is 0 Å². The molecule has 0 bridgehead atoms. The Hall–Kier alpha value is -0.850. The maximum atomic E-state index is 3.91. The Morgan fingerprint density at radius 1 is 1.60 bits per heavy atom. The molecule has 1 aromatic rings. The summed E-state index contributed by atoms with van der Waals surface area (Å²) in [6.07, 6.45) is 8.30. The lowest BCUT2D eigenvalue weighted by molar-refractivity contribution is 0.792. The van der Waals surface area contributed by atoms with E-state index in [1.807, 2.05) is 12.3 Å². The normalized spacial score (nSPS) is 9.70. The van der Waals surface area contributed by atoms with Crippen molar-refractivity contribution in [3.8, 4) is 0 Å². The van der Waals surface area contributed by atoms with Gasteiger partial charge in [-0.2, -0.15) is 0 Å². The lowest BCUT2D eigenvalue weighted by atomic mass is 10.1. The molecule has 1 aromatic heterocycles. The first-order chi connectivity index (χ1) is 4.93. The number of aromatic nitrogens is 1. The standard InChI is InChI=1S/C9H12N/c1-2-3-5-9-6-4-7-10-8-9/h4,6,8H,2-3,5H2,1H3. The summed E-state index contributed by atoms with van der Waals surface area (Å²) in [5, 5.41) is 0. The first kappa shape index (κ1) is 7.26.